The molecule has 7 nitrogen and oxygen atoms in total. The zero-order chi connectivity index (χ0) is 16.6. The molecule has 0 amide bonds. The van der Waals surface area contributed by atoms with Crippen molar-refractivity contribution in [1.29, 1.82) is 0 Å². The van der Waals surface area contributed by atoms with Gasteiger partial charge in [0.25, 0.3) is 0 Å². The summed E-state index contributed by atoms with van der Waals surface area (Å²) in [4.78, 5) is 6.75. The van der Waals surface area contributed by atoms with Gasteiger partial charge in [-0.1, -0.05) is 20.8 Å². The first-order valence-corrected chi connectivity index (χ1v) is 9.81. The fraction of sp³-hybridized carbons (Fsp3) is 0.929. The molecule has 0 aromatic rings. The molecule has 1 saturated heterocycles. The number of hydrogen-bond acceptors (Lipinski definition) is 4. The van der Waals surface area contributed by atoms with Gasteiger partial charge in [-0.3, -0.25) is 9.89 Å². The van der Waals surface area contributed by atoms with Gasteiger partial charge >= 0.3 is 0 Å². The molecule has 0 aromatic carbocycles. The van der Waals surface area contributed by atoms with Crippen molar-refractivity contribution in [3.63, 3.8) is 0 Å². The van der Waals surface area contributed by atoms with E-state index in [-0.39, 0.29) is 12.3 Å². The number of guanidine groups is 1. The van der Waals surface area contributed by atoms with Crippen LogP contribution in [-0.2, 0) is 10.0 Å². The number of nitrogens with two attached hydrogens (primary N) is 1. The molecule has 1 aliphatic rings. The third-order valence-corrected chi connectivity index (χ3v) is 6.17. The van der Waals surface area contributed by atoms with Crippen LogP contribution in [0.4, 0.5) is 0 Å². The number of likely N-dealkylation sites (N-methyl/N-ethyl adjacent to an activating group) is 1. The number of nitrogens with one attached hydrogen (secondary N) is 1. The molecule has 1 atom stereocenters. The molecule has 1 unspecified atom stereocenters. The Morgan fingerprint density at radius 2 is 2.05 bits per heavy atom. The normalized spacial score (nSPS) is 20.7. The molecule has 0 spiro atoms. The van der Waals surface area contributed by atoms with Crippen molar-refractivity contribution in [2.24, 2.45) is 10.7 Å². The Morgan fingerprint density at radius 1 is 1.36 bits per heavy atom. The predicted molar refractivity (Wildman–Crippen MR) is 91.5 cm³/mol. The lowest BCUT2D eigenvalue weighted by Crippen LogP contribution is -2.40. The van der Waals surface area contributed by atoms with Gasteiger partial charge in [0.05, 0.1) is 12.3 Å². The second kappa shape index (κ2) is 9.32. The van der Waals surface area contributed by atoms with Gasteiger partial charge in [0.1, 0.15) is 0 Å². The molecular weight excluding hydrogens is 302 g/mol. The van der Waals surface area contributed by atoms with E-state index in [0.29, 0.717) is 31.6 Å². The predicted octanol–water partition coefficient (Wildman–Crippen LogP) is 0.0466. The van der Waals surface area contributed by atoms with Crippen LogP contribution in [0, 0.1) is 0 Å². The first-order chi connectivity index (χ1) is 10.4. The van der Waals surface area contributed by atoms with Crippen LogP contribution in [0.25, 0.3) is 0 Å². The molecule has 1 heterocycles. The second-order valence-corrected chi connectivity index (χ2v) is 7.57. The third-order valence-electron chi connectivity index (χ3n) is 4.14. The SMILES string of the molecule is CCN1CCCC1CN=C(N)NCCS(=O)(=O)N(CC)CC. The molecule has 0 aromatic heterocycles. The van der Waals surface area contributed by atoms with Crippen molar-refractivity contribution in [3.05, 3.63) is 0 Å². The lowest BCUT2D eigenvalue weighted by molar-refractivity contribution is 0.273. The van der Waals surface area contributed by atoms with E-state index in [2.05, 4.69) is 22.1 Å². The smallest absolute Gasteiger partial charge is 0.215 e. The minimum atomic E-state index is -3.21. The molecule has 22 heavy (non-hydrogen) atoms. The van der Waals surface area contributed by atoms with Gasteiger partial charge in [-0.25, -0.2) is 12.7 Å². The van der Waals surface area contributed by atoms with E-state index in [1.807, 2.05) is 13.8 Å². The zero-order valence-electron chi connectivity index (χ0n) is 14.1. The van der Waals surface area contributed by atoms with Gasteiger partial charge < -0.3 is 11.1 Å². The number of hydrogen-bond donors (Lipinski definition) is 2. The van der Waals surface area contributed by atoms with E-state index < -0.39 is 10.0 Å². The topological polar surface area (TPSA) is 91.0 Å². The average molecular weight is 334 g/mol. The van der Waals surface area contributed by atoms with E-state index in [4.69, 9.17) is 5.73 Å². The maximum atomic E-state index is 12.0. The summed E-state index contributed by atoms with van der Waals surface area (Å²) in [5.41, 5.74) is 5.82. The first kappa shape index (κ1) is 19.2. The van der Waals surface area contributed by atoms with Crippen LogP contribution in [-0.4, -0.2) is 74.6 Å². The number of nitrogens with zero attached hydrogens (tertiary/aromatic N) is 3. The monoisotopic (exact) mass is 333 g/mol. The summed E-state index contributed by atoms with van der Waals surface area (Å²) in [6, 6.07) is 0.463. The molecule has 1 aliphatic heterocycles. The largest absolute Gasteiger partial charge is 0.370 e. The number of likely N-dealkylation sites (tertiary alicyclic amines) is 1. The highest BCUT2D eigenvalue weighted by atomic mass is 32.2. The Kier molecular flexibility index (Phi) is 8.13. The van der Waals surface area contributed by atoms with Gasteiger partial charge in [0.15, 0.2) is 5.96 Å². The van der Waals surface area contributed by atoms with Gasteiger partial charge in [0, 0.05) is 25.7 Å². The average Bonchev–Trinajstić information content (AvgIpc) is 2.93. The van der Waals surface area contributed by atoms with Crippen molar-refractivity contribution in [1.82, 2.24) is 14.5 Å². The minimum absolute atomic E-state index is 0.0371. The standard InChI is InChI=1S/C14H31N5O2S/c1-4-18-10-7-8-13(18)12-17-14(15)16-9-11-22(20,21)19(5-2)6-3/h13H,4-12H2,1-3H3,(H3,15,16,17). The molecule has 0 saturated carbocycles. The van der Waals surface area contributed by atoms with Crippen molar-refractivity contribution < 1.29 is 8.42 Å². The van der Waals surface area contributed by atoms with E-state index in [1.165, 1.54) is 10.7 Å². The van der Waals surface area contributed by atoms with Crippen LogP contribution in [0.15, 0.2) is 4.99 Å². The van der Waals surface area contributed by atoms with Crippen LogP contribution >= 0.6 is 0 Å². The Bertz CT molecular complexity index is 448. The van der Waals surface area contributed by atoms with E-state index in [1.54, 1.807) is 0 Å². The van der Waals surface area contributed by atoms with Gasteiger partial charge in [-0.15, -0.1) is 0 Å². The Hall–Kier alpha value is -0.860. The second-order valence-electron chi connectivity index (χ2n) is 5.48. The van der Waals surface area contributed by atoms with Gasteiger partial charge in [-0.2, -0.15) is 0 Å². The summed E-state index contributed by atoms with van der Waals surface area (Å²) in [5.74, 6) is 0.368. The first-order valence-electron chi connectivity index (χ1n) is 8.20. The summed E-state index contributed by atoms with van der Waals surface area (Å²) in [7, 11) is -3.21. The van der Waals surface area contributed by atoms with Crippen LogP contribution in [0.2, 0.25) is 0 Å². The number of rotatable bonds is 9. The van der Waals surface area contributed by atoms with Gasteiger partial charge in [0.2, 0.25) is 10.0 Å². The quantitative estimate of drug-likeness (QED) is 0.459. The summed E-state index contributed by atoms with van der Waals surface area (Å²) >= 11 is 0. The summed E-state index contributed by atoms with van der Waals surface area (Å²) in [5, 5.41) is 2.90. The van der Waals surface area contributed by atoms with Crippen molar-refractivity contribution in [2.75, 3.05) is 45.0 Å². The minimum Gasteiger partial charge on any atom is -0.370 e. The lowest BCUT2D eigenvalue weighted by atomic mass is 10.2. The van der Waals surface area contributed by atoms with Crippen LogP contribution in [0.1, 0.15) is 33.6 Å². The highest BCUT2D eigenvalue weighted by Gasteiger charge is 2.22. The highest BCUT2D eigenvalue weighted by Crippen LogP contribution is 2.16. The van der Waals surface area contributed by atoms with Crippen molar-refractivity contribution in [2.45, 2.75) is 39.7 Å². The van der Waals surface area contributed by atoms with Crippen molar-refractivity contribution >= 4 is 16.0 Å². The van der Waals surface area contributed by atoms with Crippen LogP contribution < -0.4 is 11.1 Å². The fourth-order valence-corrected chi connectivity index (χ4v) is 4.24. The molecule has 8 heteroatoms. The molecule has 130 valence electrons. The molecule has 0 aliphatic carbocycles. The van der Waals surface area contributed by atoms with E-state index in [9.17, 15) is 8.42 Å². The van der Waals surface area contributed by atoms with Gasteiger partial charge in [-0.05, 0) is 25.9 Å². The van der Waals surface area contributed by atoms with Crippen LogP contribution in [0.5, 0.6) is 0 Å². The Labute approximate surface area is 135 Å². The van der Waals surface area contributed by atoms with E-state index in [0.717, 1.165) is 19.5 Å². The molecule has 1 fully saturated rings. The number of aliphatic imine (C=N–C) groups is 1. The van der Waals surface area contributed by atoms with E-state index >= 15 is 0 Å². The summed E-state index contributed by atoms with van der Waals surface area (Å²) in [6.07, 6.45) is 2.37. The Balaban J connectivity index is 2.36. The molecule has 3 N–H and O–H groups in total. The third kappa shape index (κ3) is 5.73. The maximum Gasteiger partial charge on any atom is 0.215 e. The highest BCUT2D eigenvalue weighted by molar-refractivity contribution is 7.89. The zero-order valence-corrected chi connectivity index (χ0v) is 14.9. The fourth-order valence-electron chi connectivity index (χ4n) is 2.83. The lowest BCUT2D eigenvalue weighted by Gasteiger charge is -2.21. The summed E-state index contributed by atoms with van der Waals surface area (Å²) in [6.45, 7) is 9.96. The molecule has 0 bridgehead atoms. The summed E-state index contributed by atoms with van der Waals surface area (Å²) < 4.78 is 25.5. The maximum absolute atomic E-state index is 12.0. The van der Waals surface area contributed by atoms with Crippen molar-refractivity contribution in [3.8, 4) is 0 Å². The molecule has 1 rings (SSSR count). The molecule has 0 radical (unpaired) electrons. The molecular formula is C14H31N5O2S. The Morgan fingerprint density at radius 3 is 2.64 bits per heavy atom. The van der Waals surface area contributed by atoms with Crippen LogP contribution in [0.3, 0.4) is 0 Å². The number of sulfonamides is 1.